The SMILES string of the molecule is CCOCCCN(CC(=O)N(CCc1ccc(OC)c(OC)c1)Cc1ccc(C)s1)C(=O)CCC(=O)OCC. The van der Waals surface area contributed by atoms with Gasteiger partial charge in [-0.15, -0.1) is 11.3 Å². The Kier molecular flexibility index (Phi) is 14.4. The Morgan fingerprint density at radius 1 is 0.872 bits per heavy atom. The molecule has 10 heteroatoms. The first kappa shape index (κ1) is 32.1. The van der Waals surface area contributed by atoms with E-state index in [1.54, 1.807) is 37.4 Å². The molecule has 0 unspecified atom stereocenters. The van der Waals surface area contributed by atoms with Crippen molar-refractivity contribution in [2.24, 2.45) is 0 Å². The molecule has 0 aliphatic rings. The van der Waals surface area contributed by atoms with Crippen molar-refractivity contribution in [1.29, 1.82) is 0 Å². The van der Waals surface area contributed by atoms with Gasteiger partial charge in [0.1, 0.15) is 0 Å². The maximum absolute atomic E-state index is 13.6. The fourth-order valence-corrected chi connectivity index (χ4v) is 4.91. The topological polar surface area (TPSA) is 94.6 Å². The van der Waals surface area contributed by atoms with E-state index in [1.165, 1.54) is 9.78 Å². The molecule has 216 valence electrons. The van der Waals surface area contributed by atoms with Crippen molar-refractivity contribution in [3.63, 3.8) is 0 Å². The van der Waals surface area contributed by atoms with Crippen LogP contribution >= 0.6 is 11.3 Å². The number of nitrogens with zero attached hydrogens (tertiary/aromatic N) is 2. The van der Waals surface area contributed by atoms with Gasteiger partial charge in [0.25, 0.3) is 0 Å². The monoisotopic (exact) mass is 562 g/mol. The number of hydrogen-bond acceptors (Lipinski definition) is 8. The van der Waals surface area contributed by atoms with Crippen molar-refractivity contribution in [2.45, 2.75) is 53.0 Å². The predicted molar refractivity (Wildman–Crippen MR) is 151 cm³/mol. The Hall–Kier alpha value is -3.11. The van der Waals surface area contributed by atoms with Crippen LogP contribution in [-0.2, 0) is 36.8 Å². The number of esters is 1. The summed E-state index contributed by atoms with van der Waals surface area (Å²) in [6, 6.07) is 9.79. The number of aryl methyl sites for hydroxylation is 1. The van der Waals surface area contributed by atoms with E-state index in [1.807, 2.05) is 44.2 Å². The number of amides is 2. The smallest absolute Gasteiger partial charge is 0.306 e. The molecule has 2 rings (SSSR count). The number of carbonyl (C=O) groups excluding carboxylic acids is 3. The number of carbonyl (C=O) groups is 3. The summed E-state index contributed by atoms with van der Waals surface area (Å²) < 4.78 is 21.1. The molecule has 2 aromatic rings. The maximum Gasteiger partial charge on any atom is 0.306 e. The van der Waals surface area contributed by atoms with Crippen molar-refractivity contribution in [3.8, 4) is 11.5 Å². The number of benzene rings is 1. The summed E-state index contributed by atoms with van der Waals surface area (Å²) >= 11 is 1.65. The van der Waals surface area contributed by atoms with Crippen LogP contribution in [0.25, 0.3) is 0 Å². The Balaban J connectivity index is 2.16. The summed E-state index contributed by atoms with van der Waals surface area (Å²) in [6.45, 7) is 8.23. The number of rotatable bonds is 18. The van der Waals surface area contributed by atoms with E-state index >= 15 is 0 Å². The van der Waals surface area contributed by atoms with E-state index in [9.17, 15) is 14.4 Å². The minimum Gasteiger partial charge on any atom is -0.493 e. The van der Waals surface area contributed by atoms with Gasteiger partial charge in [-0.1, -0.05) is 6.07 Å². The molecule has 1 aromatic carbocycles. The first-order chi connectivity index (χ1) is 18.8. The second-order valence-electron chi connectivity index (χ2n) is 8.94. The second kappa shape index (κ2) is 17.5. The van der Waals surface area contributed by atoms with Crippen LogP contribution in [0.2, 0.25) is 0 Å². The Morgan fingerprint density at radius 2 is 1.64 bits per heavy atom. The Morgan fingerprint density at radius 3 is 2.28 bits per heavy atom. The molecule has 0 bridgehead atoms. The molecule has 2 amide bonds. The molecule has 0 fully saturated rings. The first-order valence-corrected chi connectivity index (χ1v) is 14.2. The van der Waals surface area contributed by atoms with Gasteiger partial charge in [0.15, 0.2) is 11.5 Å². The van der Waals surface area contributed by atoms with E-state index in [2.05, 4.69) is 0 Å². The lowest BCUT2D eigenvalue weighted by atomic mass is 10.1. The van der Waals surface area contributed by atoms with Crippen molar-refractivity contribution in [2.75, 3.05) is 53.7 Å². The summed E-state index contributed by atoms with van der Waals surface area (Å²) in [5.74, 6) is 0.458. The van der Waals surface area contributed by atoms with Crippen LogP contribution in [0.5, 0.6) is 11.5 Å². The summed E-state index contributed by atoms with van der Waals surface area (Å²) in [5.41, 5.74) is 1.01. The summed E-state index contributed by atoms with van der Waals surface area (Å²) in [6.07, 6.45) is 1.19. The van der Waals surface area contributed by atoms with Crippen LogP contribution in [-0.4, -0.2) is 81.3 Å². The van der Waals surface area contributed by atoms with Gasteiger partial charge in [0, 0.05) is 42.5 Å². The molecule has 0 aliphatic carbocycles. The number of methoxy groups -OCH3 is 2. The lowest BCUT2D eigenvalue weighted by molar-refractivity contribution is -0.146. The van der Waals surface area contributed by atoms with Gasteiger partial charge < -0.3 is 28.7 Å². The number of thiophene rings is 1. The normalized spacial score (nSPS) is 10.7. The van der Waals surface area contributed by atoms with E-state index in [-0.39, 0.29) is 37.8 Å². The third-order valence-electron chi connectivity index (χ3n) is 6.06. The Labute approximate surface area is 236 Å². The quantitative estimate of drug-likeness (QED) is 0.198. The maximum atomic E-state index is 13.6. The highest BCUT2D eigenvalue weighted by atomic mass is 32.1. The minimum absolute atomic E-state index is 0.00346. The zero-order chi connectivity index (χ0) is 28.6. The van der Waals surface area contributed by atoms with Gasteiger partial charge in [-0.2, -0.15) is 0 Å². The first-order valence-electron chi connectivity index (χ1n) is 13.4. The highest BCUT2D eigenvalue weighted by Gasteiger charge is 2.23. The van der Waals surface area contributed by atoms with Gasteiger partial charge in [-0.25, -0.2) is 0 Å². The third-order valence-corrected chi connectivity index (χ3v) is 7.05. The second-order valence-corrected chi connectivity index (χ2v) is 10.3. The zero-order valence-corrected chi connectivity index (χ0v) is 24.6. The van der Waals surface area contributed by atoms with Crippen molar-refractivity contribution in [1.82, 2.24) is 9.80 Å². The van der Waals surface area contributed by atoms with Gasteiger partial charge >= 0.3 is 5.97 Å². The average Bonchev–Trinajstić information content (AvgIpc) is 3.35. The molecule has 0 N–H and O–H groups in total. The fraction of sp³-hybridized carbons (Fsp3) is 0.552. The summed E-state index contributed by atoms with van der Waals surface area (Å²) in [5, 5.41) is 0. The molecule has 0 saturated heterocycles. The zero-order valence-electron chi connectivity index (χ0n) is 23.8. The van der Waals surface area contributed by atoms with Gasteiger partial charge in [-0.05, 0) is 63.4 Å². The molecule has 0 aliphatic heterocycles. The predicted octanol–water partition coefficient (Wildman–Crippen LogP) is 4.24. The van der Waals surface area contributed by atoms with Crippen molar-refractivity contribution < 1.29 is 33.3 Å². The molecule has 1 heterocycles. The van der Waals surface area contributed by atoms with E-state index < -0.39 is 5.97 Å². The van der Waals surface area contributed by atoms with Crippen LogP contribution in [0.15, 0.2) is 30.3 Å². The molecule has 39 heavy (non-hydrogen) atoms. The van der Waals surface area contributed by atoms with Crippen LogP contribution in [0, 0.1) is 6.92 Å². The fourth-order valence-electron chi connectivity index (χ4n) is 4.01. The summed E-state index contributed by atoms with van der Waals surface area (Å²) in [7, 11) is 3.19. The van der Waals surface area contributed by atoms with Crippen LogP contribution in [0.4, 0.5) is 0 Å². The van der Waals surface area contributed by atoms with Gasteiger partial charge in [-0.3, -0.25) is 14.4 Å². The summed E-state index contributed by atoms with van der Waals surface area (Å²) in [4.78, 5) is 44.0. The molecule has 0 atom stereocenters. The van der Waals surface area contributed by atoms with Crippen molar-refractivity contribution >= 4 is 29.1 Å². The molecule has 0 spiro atoms. The molecular weight excluding hydrogens is 520 g/mol. The number of ether oxygens (including phenoxy) is 4. The average molecular weight is 563 g/mol. The standard InChI is InChI=1S/C29H42N2O7S/c1-6-37-18-8-16-30(27(32)13-14-29(34)38-7-2)21-28(33)31(20-24-11-9-22(3)39-24)17-15-23-10-12-25(35-4)26(19-23)36-5/h9-12,19H,6-8,13-18,20-21H2,1-5H3. The van der Waals surface area contributed by atoms with Gasteiger partial charge in [0.2, 0.25) is 11.8 Å². The van der Waals surface area contributed by atoms with E-state index in [0.717, 1.165) is 10.4 Å². The molecular formula is C29H42N2O7S. The molecule has 1 aromatic heterocycles. The van der Waals surface area contributed by atoms with Crippen molar-refractivity contribution in [3.05, 3.63) is 45.6 Å². The largest absolute Gasteiger partial charge is 0.493 e. The molecule has 0 saturated carbocycles. The highest BCUT2D eigenvalue weighted by molar-refractivity contribution is 7.11. The molecule has 0 radical (unpaired) electrons. The Bertz CT molecular complexity index is 1060. The molecule has 9 nitrogen and oxygen atoms in total. The van der Waals surface area contributed by atoms with Crippen LogP contribution < -0.4 is 9.47 Å². The van der Waals surface area contributed by atoms with E-state index in [0.29, 0.717) is 57.2 Å². The third kappa shape index (κ3) is 11.3. The number of hydrogen-bond donors (Lipinski definition) is 0. The van der Waals surface area contributed by atoms with E-state index in [4.69, 9.17) is 18.9 Å². The highest BCUT2D eigenvalue weighted by Crippen LogP contribution is 2.28. The van der Waals surface area contributed by atoms with Crippen LogP contribution in [0.3, 0.4) is 0 Å². The minimum atomic E-state index is -0.420. The lowest BCUT2D eigenvalue weighted by Gasteiger charge is -2.28. The van der Waals surface area contributed by atoms with Crippen LogP contribution in [0.1, 0.15) is 48.4 Å². The van der Waals surface area contributed by atoms with Gasteiger partial charge in [0.05, 0.1) is 40.3 Å². The lowest BCUT2D eigenvalue weighted by Crippen LogP contribution is -2.44.